The lowest BCUT2D eigenvalue weighted by Gasteiger charge is -1.90. The third-order valence-electron chi connectivity index (χ3n) is 2.43. The second-order valence-electron chi connectivity index (χ2n) is 4.36. The summed E-state index contributed by atoms with van der Waals surface area (Å²) in [6, 6.07) is 8.48. The van der Waals surface area contributed by atoms with Crippen molar-refractivity contribution in [2.45, 2.75) is 41.5 Å². The molecule has 0 spiro atoms. The van der Waals surface area contributed by atoms with Crippen molar-refractivity contribution in [3.8, 4) is 0 Å². The van der Waals surface area contributed by atoms with Crippen LogP contribution in [0.25, 0.3) is 0 Å². The van der Waals surface area contributed by atoms with Crippen molar-refractivity contribution in [1.82, 2.24) is 0 Å². The first-order valence-electron chi connectivity index (χ1n) is 5.44. The monoisotopic (exact) mass is 216 g/mol. The van der Waals surface area contributed by atoms with Gasteiger partial charge in [-0.15, -0.1) is 0 Å². The van der Waals surface area contributed by atoms with Crippen LogP contribution in [0.4, 0.5) is 0 Å². The van der Waals surface area contributed by atoms with Gasteiger partial charge in [0.25, 0.3) is 0 Å². The fourth-order valence-electron chi connectivity index (χ4n) is 1.48. The second-order valence-corrected chi connectivity index (χ2v) is 4.36. The largest absolute Gasteiger partial charge is 0.0776 e. The van der Waals surface area contributed by atoms with Gasteiger partial charge in [0, 0.05) is 0 Å². The van der Waals surface area contributed by atoms with E-state index in [1.54, 1.807) is 0 Å². The Kier molecular flexibility index (Phi) is 6.48. The van der Waals surface area contributed by atoms with Crippen LogP contribution in [0.1, 0.15) is 38.8 Å². The van der Waals surface area contributed by atoms with Crippen LogP contribution in [-0.2, 0) is 0 Å². The highest BCUT2D eigenvalue weighted by atomic mass is 14.0. The number of aryl methyl sites for hydroxylation is 2. The molecule has 0 fully saturated rings. The van der Waals surface area contributed by atoms with Gasteiger partial charge in [-0.1, -0.05) is 66.1 Å². The summed E-state index contributed by atoms with van der Waals surface area (Å²) < 4.78 is 0. The Labute approximate surface area is 101 Å². The summed E-state index contributed by atoms with van der Waals surface area (Å²) in [5.41, 5.74) is 5.63. The second kappa shape index (κ2) is 7.05. The van der Waals surface area contributed by atoms with Gasteiger partial charge < -0.3 is 0 Å². The molecule has 0 heterocycles. The molecular weight excluding hydrogens is 192 g/mol. The first-order valence-corrected chi connectivity index (χ1v) is 5.44. The maximum Gasteiger partial charge on any atom is -0.0108 e. The average Bonchev–Trinajstić information content (AvgIpc) is 2.56. The highest BCUT2D eigenvalue weighted by Crippen LogP contribution is 2.16. The zero-order chi connectivity index (χ0) is 11.3. The molecule has 1 aromatic rings. The lowest BCUT2D eigenvalue weighted by molar-refractivity contribution is 1.15. The fourth-order valence-corrected chi connectivity index (χ4v) is 1.48. The maximum absolute atomic E-state index is 2.18. The highest BCUT2D eigenvalue weighted by molar-refractivity contribution is 5.27. The molecule has 2 rings (SSSR count). The summed E-state index contributed by atoms with van der Waals surface area (Å²) in [7, 11) is 0. The van der Waals surface area contributed by atoms with Crippen LogP contribution in [0.15, 0.2) is 47.6 Å². The molecule has 0 nitrogen and oxygen atoms in total. The molecule has 0 N–H and O–H groups in total. The van der Waals surface area contributed by atoms with E-state index in [2.05, 4.69) is 64.1 Å². The predicted molar refractivity (Wildman–Crippen MR) is 74.8 cm³/mol. The number of hydrogen-bond acceptors (Lipinski definition) is 0. The zero-order valence-electron chi connectivity index (χ0n) is 10.2. The molecule has 16 heavy (non-hydrogen) atoms. The van der Waals surface area contributed by atoms with Crippen LogP contribution < -0.4 is 0 Å². The summed E-state index contributed by atoms with van der Waals surface area (Å²) >= 11 is 0. The molecule has 0 radical (unpaired) electrons. The summed E-state index contributed by atoms with van der Waals surface area (Å²) in [6.45, 7) is 8.51. The van der Waals surface area contributed by atoms with Gasteiger partial charge in [0.15, 0.2) is 0 Å². The molecule has 1 aliphatic rings. The molecule has 0 aliphatic heterocycles. The molecule has 0 aromatic heterocycles. The van der Waals surface area contributed by atoms with Crippen molar-refractivity contribution in [2.24, 2.45) is 0 Å². The van der Waals surface area contributed by atoms with Crippen molar-refractivity contribution in [3.05, 3.63) is 58.7 Å². The smallest absolute Gasteiger partial charge is 0.0108 e. The summed E-state index contributed by atoms with van der Waals surface area (Å²) in [5, 5.41) is 0. The minimum atomic E-state index is 0. The van der Waals surface area contributed by atoms with Gasteiger partial charge in [0.05, 0.1) is 0 Å². The van der Waals surface area contributed by atoms with Crippen molar-refractivity contribution in [3.63, 3.8) is 0 Å². The third kappa shape index (κ3) is 5.55. The quantitative estimate of drug-likeness (QED) is 0.557. The zero-order valence-corrected chi connectivity index (χ0v) is 10.2. The Bertz CT molecular complexity index is 327. The standard InChI is InChI=1S/C8H10.C7H10.CH4/c1-7-3-5-8(2)6-4-7;1-6-3-4-7(2)5-6;/h3-6H,1-2H3;3-4H,5H2,1-2H3;1H4. The maximum atomic E-state index is 2.18. The minimum absolute atomic E-state index is 0. The Morgan fingerprint density at radius 1 is 0.688 bits per heavy atom. The van der Waals surface area contributed by atoms with Gasteiger partial charge in [0.1, 0.15) is 0 Å². The molecule has 0 unspecified atom stereocenters. The van der Waals surface area contributed by atoms with E-state index in [0.29, 0.717) is 0 Å². The third-order valence-corrected chi connectivity index (χ3v) is 2.43. The van der Waals surface area contributed by atoms with Gasteiger partial charge in [0.2, 0.25) is 0 Å². The average molecular weight is 216 g/mol. The van der Waals surface area contributed by atoms with Gasteiger partial charge in [-0.3, -0.25) is 0 Å². The molecule has 0 heteroatoms. The van der Waals surface area contributed by atoms with Gasteiger partial charge in [-0.2, -0.15) is 0 Å². The van der Waals surface area contributed by atoms with E-state index in [4.69, 9.17) is 0 Å². The van der Waals surface area contributed by atoms with Crippen molar-refractivity contribution >= 4 is 0 Å². The van der Waals surface area contributed by atoms with Crippen molar-refractivity contribution in [2.75, 3.05) is 0 Å². The molecule has 0 atom stereocenters. The van der Waals surface area contributed by atoms with Crippen molar-refractivity contribution < 1.29 is 0 Å². The molecular formula is C16H24. The van der Waals surface area contributed by atoms with Gasteiger partial charge >= 0.3 is 0 Å². The number of benzene rings is 1. The Morgan fingerprint density at radius 3 is 1.19 bits per heavy atom. The highest BCUT2D eigenvalue weighted by Gasteiger charge is 1.95. The lowest BCUT2D eigenvalue weighted by Crippen LogP contribution is -1.70. The van der Waals surface area contributed by atoms with E-state index >= 15 is 0 Å². The van der Waals surface area contributed by atoms with E-state index in [0.717, 1.165) is 0 Å². The lowest BCUT2D eigenvalue weighted by atomic mass is 10.2. The molecule has 0 saturated carbocycles. The molecule has 1 aromatic carbocycles. The van der Waals surface area contributed by atoms with Crippen LogP contribution in [0.3, 0.4) is 0 Å². The van der Waals surface area contributed by atoms with E-state index in [1.165, 1.54) is 28.7 Å². The Morgan fingerprint density at radius 2 is 1.00 bits per heavy atom. The Balaban J connectivity index is 0.000000267. The van der Waals surface area contributed by atoms with Crippen LogP contribution >= 0.6 is 0 Å². The topological polar surface area (TPSA) is 0 Å². The summed E-state index contributed by atoms with van der Waals surface area (Å²) in [5.74, 6) is 0. The predicted octanol–water partition coefficient (Wildman–Crippen LogP) is 5.22. The molecule has 0 bridgehead atoms. The van der Waals surface area contributed by atoms with Crippen LogP contribution in [0.2, 0.25) is 0 Å². The first kappa shape index (κ1) is 14.7. The van der Waals surface area contributed by atoms with Crippen LogP contribution in [-0.4, -0.2) is 0 Å². The van der Waals surface area contributed by atoms with E-state index < -0.39 is 0 Å². The summed E-state index contributed by atoms with van der Waals surface area (Å²) in [6.07, 6.45) is 5.55. The minimum Gasteiger partial charge on any atom is -0.0776 e. The van der Waals surface area contributed by atoms with Gasteiger partial charge in [-0.25, -0.2) is 0 Å². The SMILES string of the molecule is C.CC1=CC=C(C)C1.Cc1ccc(C)cc1. The first-order chi connectivity index (χ1) is 7.08. The molecule has 1 aliphatic carbocycles. The number of allylic oxidation sites excluding steroid dienone is 4. The normalized spacial score (nSPS) is 13.0. The van der Waals surface area contributed by atoms with Crippen molar-refractivity contribution in [1.29, 1.82) is 0 Å². The van der Waals surface area contributed by atoms with E-state index in [1.807, 2.05) is 0 Å². The molecule has 0 saturated heterocycles. The Hall–Kier alpha value is -1.30. The number of hydrogen-bond donors (Lipinski definition) is 0. The fraction of sp³-hybridized carbons (Fsp3) is 0.375. The van der Waals surface area contributed by atoms with E-state index in [-0.39, 0.29) is 7.43 Å². The van der Waals surface area contributed by atoms with Gasteiger partial charge in [-0.05, 0) is 34.1 Å². The van der Waals surface area contributed by atoms with E-state index in [9.17, 15) is 0 Å². The molecule has 0 amide bonds. The van der Waals surface area contributed by atoms with Crippen LogP contribution in [0, 0.1) is 13.8 Å². The van der Waals surface area contributed by atoms with Crippen LogP contribution in [0.5, 0.6) is 0 Å². The molecule has 88 valence electrons. The number of rotatable bonds is 0. The summed E-state index contributed by atoms with van der Waals surface area (Å²) in [4.78, 5) is 0.